The average molecular weight is 346 g/mol. The van der Waals surface area contributed by atoms with Crippen LogP contribution in [0.5, 0.6) is 5.75 Å². The number of urea groups is 1. The van der Waals surface area contributed by atoms with Gasteiger partial charge in [-0.3, -0.25) is 14.5 Å². The zero-order valence-electron chi connectivity index (χ0n) is 14.7. The topological polar surface area (TPSA) is 111 Å². The van der Waals surface area contributed by atoms with Gasteiger partial charge in [0.2, 0.25) is 5.91 Å². The maximum absolute atomic E-state index is 12.0. The predicted molar refractivity (Wildman–Crippen MR) is 92.1 cm³/mol. The highest BCUT2D eigenvalue weighted by atomic mass is 16.3. The fourth-order valence-electron chi connectivity index (χ4n) is 2.44. The Bertz CT molecular complexity index is 755. The van der Waals surface area contributed by atoms with Crippen molar-refractivity contribution < 1.29 is 19.5 Å². The third-order valence-electron chi connectivity index (χ3n) is 3.90. The zero-order chi connectivity index (χ0) is 18.8. The fraction of sp³-hybridized carbons (Fsp3) is 0.412. The first-order valence-corrected chi connectivity index (χ1v) is 7.89. The largest absolute Gasteiger partial charge is 0.507 e. The summed E-state index contributed by atoms with van der Waals surface area (Å²) in [7, 11) is 0. The number of phenolic OH excluding ortho intramolecular Hbond substituents is 1. The van der Waals surface area contributed by atoms with Gasteiger partial charge in [-0.05, 0) is 39.8 Å². The van der Waals surface area contributed by atoms with Crippen LogP contribution in [0.4, 0.5) is 4.79 Å². The van der Waals surface area contributed by atoms with Gasteiger partial charge in [0.15, 0.2) is 0 Å². The maximum Gasteiger partial charge on any atom is 0.325 e. The van der Waals surface area contributed by atoms with E-state index in [1.165, 1.54) is 0 Å². The van der Waals surface area contributed by atoms with Crippen LogP contribution >= 0.6 is 0 Å². The minimum Gasteiger partial charge on any atom is -0.507 e. The monoisotopic (exact) mass is 346 g/mol. The van der Waals surface area contributed by atoms with Crippen LogP contribution in [0.1, 0.15) is 38.3 Å². The van der Waals surface area contributed by atoms with Gasteiger partial charge < -0.3 is 10.4 Å². The van der Waals surface area contributed by atoms with Crippen molar-refractivity contribution in [1.29, 1.82) is 0 Å². The van der Waals surface area contributed by atoms with E-state index in [1.807, 2.05) is 6.92 Å². The van der Waals surface area contributed by atoms with Crippen LogP contribution in [0, 0.1) is 6.92 Å². The molecular weight excluding hydrogens is 324 g/mol. The first-order valence-electron chi connectivity index (χ1n) is 7.89. The molecular formula is C17H22N4O4. The summed E-state index contributed by atoms with van der Waals surface area (Å²) in [6, 6.07) is 4.58. The molecule has 0 spiro atoms. The van der Waals surface area contributed by atoms with Crippen molar-refractivity contribution in [3.8, 4) is 5.75 Å². The van der Waals surface area contributed by atoms with Gasteiger partial charge >= 0.3 is 6.03 Å². The lowest BCUT2D eigenvalue weighted by Crippen LogP contribution is -2.40. The van der Waals surface area contributed by atoms with Crippen LogP contribution in [0.25, 0.3) is 0 Å². The molecule has 25 heavy (non-hydrogen) atoms. The average Bonchev–Trinajstić information content (AvgIpc) is 2.73. The summed E-state index contributed by atoms with van der Waals surface area (Å²) in [6.07, 6.45) is -0.0637. The van der Waals surface area contributed by atoms with Crippen LogP contribution in [-0.4, -0.2) is 45.6 Å². The third kappa shape index (κ3) is 4.14. The molecule has 0 radical (unpaired) electrons. The van der Waals surface area contributed by atoms with Crippen LogP contribution < -0.4 is 10.7 Å². The minimum atomic E-state index is -0.953. The molecule has 1 aromatic rings. The summed E-state index contributed by atoms with van der Waals surface area (Å²) in [5.74, 6) is -0.728. The van der Waals surface area contributed by atoms with E-state index in [9.17, 15) is 19.5 Å². The van der Waals surface area contributed by atoms with Crippen molar-refractivity contribution >= 4 is 23.6 Å². The highest BCUT2D eigenvalue weighted by molar-refractivity contribution is 6.06. The summed E-state index contributed by atoms with van der Waals surface area (Å²) < 4.78 is 0. The summed E-state index contributed by atoms with van der Waals surface area (Å²) in [5.41, 5.74) is 3.34. The van der Waals surface area contributed by atoms with Gasteiger partial charge in [0.05, 0.1) is 5.71 Å². The van der Waals surface area contributed by atoms with E-state index in [2.05, 4.69) is 15.8 Å². The summed E-state index contributed by atoms with van der Waals surface area (Å²) >= 11 is 0. The van der Waals surface area contributed by atoms with Gasteiger partial charge in [0.1, 0.15) is 11.3 Å². The number of hydrogen-bond acceptors (Lipinski definition) is 5. The Hall–Kier alpha value is -2.90. The third-order valence-corrected chi connectivity index (χ3v) is 3.90. The van der Waals surface area contributed by atoms with E-state index in [0.717, 1.165) is 10.5 Å². The number of benzene rings is 1. The number of nitrogens with one attached hydrogen (secondary N) is 2. The number of carbonyl (C=O) groups is 3. The van der Waals surface area contributed by atoms with Crippen LogP contribution in [-0.2, 0) is 9.59 Å². The van der Waals surface area contributed by atoms with Gasteiger partial charge in [-0.2, -0.15) is 5.10 Å². The van der Waals surface area contributed by atoms with Crippen molar-refractivity contribution in [3.63, 3.8) is 0 Å². The van der Waals surface area contributed by atoms with E-state index < -0.39 is 17.5 Å². The molecule has 0 aliphatic carbocycles. The molecule has 0 atom stereocenters. The summed E-state index contributed by atoms with van der Waals surface area (Å²) in [4.78, 5) is 36.7. The minimum absolute atomic E-state index is 0.0236. The van der Waals surface area contributed by atoms with Crippen molar-refractivity contribution in [2.45, 2.75) is 39.7 Å². The van der Waals surface area contributed by atoms with Gasteiger partial charge in [-0.25, -0.2) is 10.2 Å². The van der Waals surface area contributed by atoms with Crippen molar-refractivity contribution in [3.05, 3.63) is 29.3 Å². The number of phenols is 1. The molecule has 1 heterocycles. The number of aryl methyl sites for hydroxylation is 1. The first kappa shape index (κ1) is 18.4. The first-order chi connectivity index (χ1) is 11.6. The Morgan fingerprint density at radius 2 is 2.04 bits per heavy atom. The number of hydrazone groups is 1. The summed E-state index contributed by atoms with van der Waals surface area (Å²) in [5, 5.41) is 16.4. The van der Waals surface area contributed by atoms with E-state index in [1.54, 1.807) is 39.0 Å². The molecule has 0 saturated carbocycles. The van der Waals surface area contributed by atoms with Crippen LogP contribution in [0.15, 0.2) is 23.3 Å². The Balaban J connectivity index is 1.94. The molecule has 2 rings (SSSR count). The lowest BCUT2D eigenvalue weighted by atomic mass is 10.1. The van der Waals surface area contributed by atoms with Crippen molar-refractivity contribution in [2.75, 3.05) is 6.54 Å². The number of imide groups is 1. The van der Waals surface area contributed by atoms with Gasteiger partial charge in [-0.1, -0.05) is 11.6 Å². The number of hydrogen-bond donors (Lipinski definition) is 3. The summed E-state index contributed by atoms with van der Waals surface area (Å²) in [6.45, 7) is 6.73. The quantitative estimate of drug-likeness (QED) is 0.423. The molecule has 1 fully saturated rings. The van der Waals surface area contributed by atoms with Gasteiger partial charge in [0.25, 0.3) is 5.91 Å². The normalized spacial score (nSPS) is 16.8. The van der Waals surface area contributed by atoms with E-state index in [4.69, 9.17) is 0 Å². The number of carbonyl (C=O) groups excluding carboxylic acids is 3. The molecule has 0 aromatic heterocycles. The highest BCUT2D eigenvalue weighted by Gasteiger charge is 2.43. The second-order valence-corrected chi connectivity index (χ2v) is 6.51. The van der Waals surface area contributed by atoms with Crippen molar-refractivity contribution in [2.24, 2.45) is 5.10 Å². The fourth-order valence-corrected chi connectivity index (χ4v) is 2.44. The van der Waals surface area contributed by atoms with E-state index in [-0.39, 0.29) is 24.6 Å². The van der Waals surface area contributed by atoms with E-state index >= 15 is 0 Å². The molecule has 8 nitrogen and oxygen atoms in total. The standard InChI is InChI=1S/C17H22N4O4/c1-10-5-6-13(22)12(9-10)11(2)19-20-14(23)7-8-21-15(24)17(3,4)18-16(21)25/h5-6,9,22H,7-8H2,1-4H3,(H,18,25)(H,20,23)/b19-11+. The number of rotatable bonds is 5. The Labute approximate surface area is 145 Å². The Morgan fingerprint density at radius 3 is 2.64 bits per heavy atom. The SMILES string of the molecule is C/C(=N\NC(=O)CCN1C(=O)NC(C)(C)C1=O)c1cc(C)ccc1O. The lowest BCUT2D eigenvalue weighted by molar-refractivity contribution is -0.130. The molecule has 1 aromatic carbocycles. The second-order valence-electron chi connectivity index (χ2n) is 6.51. The predicted octanol–water partition coefficient (Wildman–Crippen LogP) is 1.26. The molecule has 1 aliphatic heterocycles. The molecule has 3 N–H and O–H groups in total. The molecule has 1 saturated heterocycles. The zero-order valence-corrected chi connectivity index (χ0v) is 14.7. The molecule has 8 heteroatoms. The number of aromatic hydroxyl groups is 1. The molecule has 134 valence electrons. The van der Waals surface area contributed by atoms with Crippen LogP contribution in [0.2, 0.25) is 0 Å². The van der Waals surface area contributed by atoms with Crippen molar-refractivity contribution in [1.82, 2.24) is 15.6 Å². The highest BCUT2D eigenvalue weighted by Crippen LogP contribution is 2.19. The molecule has 0 bridgehead atoms. The molecule has 4 amide bonds. The lowest BCUT2D eigenvalue weighted by Gasteiger charge is -2.15. The molecule has 1 aliphatic rings. The number of nitrogens with zero attached hydrogens (tertiary/aromatic N) is 2. The molecule has 0 unspecified atom stereocenters. The second kappa shape index (κ2) is 6.92. The van der Waals surface area contributed by atoms with Gasteiger partial charge in [-0.15, -0.1) is 0 Å². The van der Waals surface area contributed by atoms with E-state index in [0.29, 0.717) is 11.3 Å². The smallest absolute Gasteiger partial charge is 0.325 e. The maximum atomic E-state index is 12.0. The Kier molecular flexibility index (Phi) is 5.10. The van der Waals surface area contributed by atoms with Gasteiger partial charge in [0, 0.05) is 18.5 Å². The number of amides is 4. The van der Waals surface area contributed by atoms with Crippen LogP contribution in [0.3, 0.4) is 0 Å². The Morgan fingerprint density at radius 1 is 1.36 bits per heavy atom.